The van der Waals surface area contributed by atoms with Crippen molar-refractivity contribution in [2.24, 2.45) is 17.8 Å². The molecule has 0 bridgehead atoms. The summed E-state index contributed by atoms with van der Waals surface area (Å²) in [5.41, 5.74) is 0.950. The Balaban J connectivity index is 1.72. The number of hydrogen-bond donors (Lipinski definition) is 0. The van der Waals surface area contributed by atoms with Gasteiger partial charge in [-0.15, -0.1) is 0 Å². The van der Waals surface area contributed by atoms with Crippen LogP contribution in [0.25, 0.3) is 0 Å². The standard InChI is InChI=1S/C22H37P3/c1-4-6-7-8-9-10-14-20-18-19-13-11-12-15-21(19)22(20)25(3,5-2)17-16-23-24-25/h11-13,15-17,19-22H,4-10,14,18H2,1-3H3. The van der Waals surface area contributed by atoms with E-state index in [0.717, 1.165) is 23.4 Å². The molecule has 2 aliphatic carbocycles. The Hall–Kier alpha value is 0.250. The second-order valence-corrected chi connectivity index (χ2v) is 21.1. The van der Waals surface area contributed by atoms with Gasteiger partial charge in [-0.3, -0.25) is 0 Å². The van der Waals surface area contributed by atoms with E-state index < -0.39 is 6.29 Å². The molecule has 1 aliphatic heterocycles. The van der Waals surface area contributed by atoms with Crippen LogP contribution in [0.4, 0.5) is 0 Å². The predicted molar refractivity (Wildman–Crippen MR) is 122 cm³/mol. The summed E-state index contributed by atoms with van der Waals surface area (Å²) in [6.45, 7) is 7.54. The van der Waals surface area contributed by atoms with Crippen molar-refractivity contribution < 1.29 is 0 Å². The Morgan fingerprint density at radius 2 is 1.76 bits per heavy atom. The third-order valence-corrected chi connectivity index (χ3v) is 23.1. The number of unbranched alkanes of at least 4 members (excludes halogenated alkanes) is 5. The fraction of sp³-hybridized carbons (Fsp3) is 0.727. The van der Waals surface area contributed by atoms with Gasteiger partial charge in [0.05, 0.1) is 0 Å². The van der Waals surface area contributed by atoms with E-state index in [1.54, 1.807) is 15.4 Å². The number of rotatable bonds is 9. The fourth-order valence-electron chi connectivity index (χ4n) is 5.56. The maximum absolute atomic E-state index is 2.75. The summed E-state index contributed by atoms with van der Waals surface area (Å²) in [4.78, 5) is 0. The van der Waals surface area contributed by atoms with Crippen molar-refractivity contribution >= 4 is 21.7 Å². The minimum atomic E-state index is -1.72. The zero-order chi connectivity index (χ0) is 17.8. The molecule has 3 heteroatoms. The molecule has 0 saturated heterocycles. The zero-order valence-corrected chi connectivity index (χ0v) is 19.2. The first-order chi connectivity index (χ1) is 12.1. The summed E-state index contributed by atoms with van der Waals surface area (Å²) in [6, 6.07) is 0. The van der Waals surface area contributed by atoms with E-state index in [0.29, 0.717) is 0 Å². The average Bonchev–Trinajstić information content (AvgIpc) is 3.21. The molecule has 0 aromatic carbocycles. The van der Waals surface area contributed by atoms with Gasteiger partial charge in [0.15, 0.2) is 0 Å². The molecule has 1 fully saturated rings. The molecule has 0 N–H and O–H groups in total. The van der Waals surface area contributed by atoms with Crippen molar-refractivity contribution in [2.75, 3.05) is 12.8 Å². The molecule has 1 saturated carbocycles. The van der Waals surface area contributed by atoms with Crippen LogP contribution in [0.1, 0.15) is 65.2 Å². The summed E-state index contributed by atoms with van der Waals surface area (Å²) in [5.74, 6) is 7.86. The van der Waals surface area contributed by atoms with Crippen molar-refractivity contribution in [2.45, 2.75) is 70.9 Å². The molecule has 25 heavy (non-hydrogen) atoms. The third kappa shape index (κ3) is 4.08. The second kappa shape index (κ2) is 8.51. The molecule has 0 aromatic rings. The maximum atomic E-state index is 2.75. The molecule has 0 nitrogen and oxygen atoms in total. The Morgan fingerprint density at radius 3 is 2.48 bits per heavy atom. The van der Waals surface area contributed by atoms with E-state index in [2.05, 4.69) is 56.5 Å². The monoisotopic (exact) mass is 394 g/mol. The van der Waals surface area contributed by atoms with Crippen LogP contribution in [-0.4, -0.2) is 18.5 Å². The molecule has 0 aromatic heterocycles. The van der Waals surface area contributed by atoms with Crippen molar-refractivity contribution in [3.8, 4) is 0 Å². The second-order valence-electron chi connectivity index (χ2n) is 8.79. The Kier molecular flexibility index (Phi) is 6.81. The van der Waals surface area contributed by atoms with Gasteiger partial charge in [-0.2, -0.15) is 0 Å². The van der Waals surface area contributed by atoms with Crippen LogP contribution < -0.4 is 0 Å². The fourth-order valence-corrected chi connectivity index (χ4v) is 21.5. The van der Waals surface area contributed by atoms with Crippen LogP contribution in [0.15, 0.2) is 35.9 Å². The molecule has 4 atom stereocenters. The number of hydrogen-bond acceptors (Lipinski definition) is 0. The van der Waals surface area contributed by atoms with Gasteiger partial charge < -0.3 is 0 Å². The van der Waals surface area contributed by atoms with Gasteiger partial charge in [0.25, 0.3) is 0 Å². The molecule has 140 valence electrons. The van der Waals surface area contributed by atoms with Gasteiger partial charge in [0.2, 0.25) is 0 Å². The van der Waals surface area contributed by atoms with Gasteiger partial charge in [-0.05, 0) is 0 Å². The van der Waals surface area contributed by atoms with Crippen LogP contribution in [0, 0.1) is 17.8 Å². The van der Waals surface area contributed by atoms with E-state index in [1.165, 1.54) is 57.5 Å². The molecule has 4 unspecified atom stereocenters. The summed E-state index contributed by atoms with van der Waals surface area (Å²) in [7, 11) is 3.33. The van der Waals surface area contributed by atoms with E-state index in [4.69, 9.17) is 0 Å². The number of fused-ring (bicyclic) bond motifs is 1. The van der Waals surface area contributed by atoms with Gasteiger partial charge in [-0.25, -0.2) is 0 Å². The van der Waals surface area contributed by atoms with Crippen molar-refractivity contribution in [3.63, 3.8) is 0 Å². The summed E-state index contributed by atoms with van der Waals surface area (Å²) in [5, 5.41) is 0. The number of allylic oxidation sites excluding steroid dienone is 4. The van der Waals surface area contributed by atoms with E-state index in [1.807, 2.05) is 0 Å². The zero-order valence-electron chi connectivity index (χ0n) is 16.5. The molecular formula is C22H37P3. The van der Waals surface area contributed by atoms with Crippen LogP contribution in [0.3, 0.4) is 0 Å². The quantitative estimate of drug-likeness (QED) is 0.270. The van der Waals surface area contributed by atoms with Gasteiger partial charge in [0.1, 0.15) is 0 Å². The SMILES string of the molecule is CCCCCCCCC1CC2C=CC=CC2C1P1(C)(CC)C=CP=P1. The van der Waals surface area contributed by atoms with Crippen LogP contribution >= 0.6 is 21.7 Å². The van der Waals surface area contributed by atoms with E-state index in [9.17, 15) is 0 Å². The molecule has 0 radical (unpaired) electrons. The first kappa shape index (κ1) is 20.0. The molecular weight excluding hydrogens is 357 g/mol. The first-order valence-electron chi connectivity index (χ1n) is 10.6. The molecule has 3 aliphatic rings. The van der Waals surface area contributed by atoms with Crippen molar-refractivity contribution in [3.05, 3.63) is 35.9 Å². The van der Waals surface area contributed by atoms with Crippen molar-refractivity contribution in [1.82, 2.24) is 0 Å². The normalized spacial score (nSPS) is 36.8. The van der Waals surface area contributed by atoms with Gasteiger partial charge in [-0.1, -0.05) is 0 Å². The van der Waals surface area contributed by atoms with Crippen LogP contribution in [0.2, 0.25) is 0 Å². The summed E-state index contributed by atoms with van der Waals surface area (Å²) in [6.07, 6.45) is 21.0. The minimum absolute atomic E-state index is 0.822. The van der Waals surface area contributed by atoms with E-state index in [-0.39, 0.29) is 0 Å². The van der Waals surface area contributed by atoms with E-state index >= 15 is 0 Å². The summed E-state index contributed by atoms with van der Waals surface area (Å²) < 4.78 is 0. The summed E-state index contributed by atoms with van der Waals surface area (Å²) >= 11 is 0. The predicted octanol–water partition coefficient (Wildman–Crippen LogP) is 8.89. The van der Waals surface area contributed by atoms with Crippen LogP contribution in [-0.2, 0) is 0 Å². The molecule has 0 spiro atoms. The van der Waals surface area contributed by atoms with Crippen LogP contribution in [0.5, 0.6) is 0 Å². The van der Waals surface area contributed by atoms with Gasteiger partial charge in [0, 0.05) is 0 Å². The average molecular weight is 394 g/mol. The Bertz CT molecular complexity index is 560. The first-order valence-corrected chi connectivity index (χ1v) is 16.9. The Morgan fingerprint density at radius 1 is 1.00 bits per heavy atom. The van der Waals surface area contributed by atoms with Crippen molar-refractivity contribution in [1.29, 1.82) is 0 Å². The molecule has 0 amide bonds. The molecule has 1 heterocycles. The topological polar surface area (TPSA) is 0 Å². The van der Waals surface area contributed by atoms with Gasteiger partial charge >= 0.3 is 159 Å². The third-order valence-electron chi connectivity index (χ3n) is 7.16. The Labute approximate surface area is 159 Å². The molecule has 3 rings (SSSR count).